The second kappa shape index (κ2) is 5.27. The molecule has 1 saturated carbocycles. The first-order valence-corrected chi connectivity index (χ1v) is 6.38. The highest BCUT2D eigenvalue weighted by Gasteiger charge is 2.44. The molecule has 0 radical (unpaired) electrons. The molecule has 1 aliphatic rings. The molecule has 6 heteroatoms. The molecule has 0 aliphatic heterocycles. The third-order valence-corrected chi connectivity index (χ3v) is 3.67. The van der Waals surface area contributed by atoms with Crippen LogP contribution in [0.25, 0.3) is 0 Å². The molecule has 0 bridgehead atoms. The number of hydrogen-bond acceptors (Lipinski definition) is 5. The molecular weight excluding hydrogens is 240 g/mol. The van der Waals surface area contributed by atoms with E-state index in [-0.39, 0.29) is 11.4 Å². The lowest BCUT2D eigenvalue weighted by Crippen LogP contribution is -2.36. The standard InChI is InChI=1S/C11H20N2O3S/c1-10(2,3)16-9(15)13-8(12-4)17-11(7-14)5-6-11/h14H,5-7H2,1-4H3,(H,12,13,15). The first-order valence-electron chi connectivity index (χ1n) is 5.57. The Hall–Kier alpha value is -0.750. The van der Waals surface area contributed by atoms with E-state index in [0.717, 1.165) is 12.8 Å². The molecule has 0 aromatic carbocycles. The number of rotatable bonds is 2. The van der Waals surface area contributed by atoms with Gasteiger partial charge in [0.25, 0.3) is 0 Å². The predicted octanol–water partition coefficient (Wildman–Crippen LogP) is 1.75. The van der Waals surface area contributed by atoms with Gasteiger partial charge in [0.05, 0.1) is 6.61 Å². The van der Waals surface area contributed by atoms with Gasteiger partial charge in [-0.2, -0.15) is 0 Å². The van der Waals surface area contributed by atoms with Crippen molar-refractivity contribution in [2.75, 3.05) is 13.7 Å². The number of nitrogens with one attached hydrogen (secondary N) is 1. The van der Waals surface area contributed by atoms with E-state index in [1.165, 1.54) is 11.8 Å². The number of aliphatic hydroxyl groups excluding tert-OH is 1. The first kappa shape index (κ1) is 14.3. The molecule has 0 spiro atoms. The minimum absolute atomic E-state index is 0.104. The second-order valence-corrected chi connectivity index (χ2v) is 6.56. The molecule has 0 heterocycles. The maximum Gasteiger partial charge on any atom is 0.413 e. The number of amidine groups is 1. The van der Waals surface area contributed by atoms with Gasteiger partial charge in [0, 0.05) is 11.8 Å². The summed E-state index contributed by atoms with van der Waals surface area (Å²) in [6, 6.07) is 0. The van der Waals surface area contributed by atoms with Crippen LogP contribution in [0.5, 0.6) is 0 Å². The van der Waals surface area contributed by atoms with E-state index in [0.29, 0.717) is 5.17 Å². The van der Waals surface area contributed by atoms with E-state index in [9.17, 15) is 9.90 Å². The third kappa shape index (κ3) is 4.95. The first-order chi connectivity index (χ1) is 7.80. The highest BCUT2D eigenvalue weighted by molar-refractivity contribution is 8.15. The van der Waals surface area contributed by atoms with Gasteiger partial charge in [0.2, 0.25) is 0 Å². The van der Waals surface area contributed by atoms with Gasteiger partial charge in [-0.25, -0.2) is 4.79 Å². The average Bonchev–Trinajstić information content (AvgIpc) is 2.94. The molecule has 0 aromatic rings. The number of amides is 1. The van der Waals surface area contributed by atoms with Gasteiger partial charge in [-0.3, -0.25) is 10.3 Å². The maximum atomic E-state index is 11.5. The van der Waals surface area contributed by atoms with Gasteiger partial charge in [-0.1, -0.05) is 11.8 Å². The van der Waals surface area contributed by atoms with Crippen LogP contribution in [0.15, 0.2) is 4.99 Å². The zero-order valence-electron chi connectivity index (χ0n) is 10.7. The number of ether oxygens (including phenoxy) is 1. The molecule has 2 N–H and O–H groups in total. The molecule has 0 unspecified atom stereocenters. The summed E-state index contributed by atoms with van der Waals surface area (Å²) in [6.07, 6.45) is 1.38. The lowest BCUT2D eigenvalue weighted by atomic mass is 10.2. The molecule has 0 aromatic heterocycles. The van der Waals surface area contributed by atoms with Crippen molar-refractivity contribution in [1.29, 1.82) is 0 Å². The average molecular weight is 260 g/mol. The summed E-state index contributed by atoms with van der Waals surface area (Å²) in [5.41, 5.74) is -0.526. The quantitative estimate of drug-likeness (QED) is 0.586. The van der Waals surface area contributed by atoms with Crippen LogP contribution in [0.1, 0.15) is 33.6 Å². The van der Waals surface area contributed by atoms with Gasteiger partial charge < -0.3 is 9.84 Å². The van der Waals surface area contributed by atoms with Crippen LogP contribution in [0.2, 0.25) is 0 Å². The number of hydrogen-bond donors (Lipinski definition) is 2. The zero-order valence-corrected chi connectivity index (χ0v) is 11.6. The number of thioether (sulfide) groups is 1. The van der Waals surface area contributed by atoms with Gasteiger partial charge in [0.15, 0.2) is 5.17 Å². The highest BCUT2D eigenvalue weighted by atomic mass is 32.2. The Labute approximate surface area is 106 Å². The highest BCUT2D eigenvalue weighted by Crippen LogP contribution is 2.48. The number of carbonyl (C=O) groups is 1. The second-order valence-electron chi connectivity index (χ2n) is 5.10. The van der Waals surface area contributed by atoms with Gasteiger partial charge in [-0.15, -0.1) is 0 Å². The molecule has 0 atom stereocenters. The van der Waals surface area contributed by atoms with E-state index < -0.39 is 11.7 Å². The zero-order chi connectivity index (χ0) is 13.1. The minimum atomic E-state index is -0.526. The van der Waals surface area contributed by atoms with Crippen molar-refractivity contribution in [1.82, 2.24) is 5.32 Å². The van der Waals surface area contributed by atoms with Crippen molar-refractivity contribution in [3.8, 4) is 0 Å². The van der Waals surface area contributed by atoms with Gasteiger partial charge >= 0.3 is 6.09 Å². The number of aliphatic imine (C=N–C) groups is 1. The number of nitrogens with zero attached hydrogens (tertiary/aromatic N) is 1. The van der Waals surface area contributed by atoms with Crippen molar-refractivity contribution in [2.24, 2.45) is 4.99 Å². The van der Waals surface area contributed by atoms with Crippen LogP contribution >= 0.6 is 11.8 Å². The molecule has 17 heavy (non-hydrogen) atoms. The van der Waals surface area contributed by atoms with Crippen molar-refractivity contribution >= 4 is 23.0 Å². The largest absolute Gasteiger partial charge is 0.444 e. The van der Waals surface area contributed by atoms with Crippen LogP contribution in [0.3, 0.4) is 0 Å². The number of carbonyl (C=O) groups excluding carboxylic acids is 1. The Morgan fingerprint density at radius 3 is 2.47 bits per heavy atom. The van der Waals surface area contributed by atoms with Crippen LogP contribution in [-0.2, 0) is 4.74 Å². The minimum Gasteiger partial charge on any atom is -0.444 e. The summed E-state index contributed by atoms with van der Waals surface area (Å²) in [6.45, 7) is 5.52. The van der Waals surface area contributed by atoms with Crippen LogP contribution in [0, 0.1) is 0 Å². The molecule has 1 aliphatic carbocycles. The van der Waals surface area contributed by atoms with Crippen molar-refractivity contribution in [3.63, 3.8) is 0 Å². The van der Waals surface area contributed by atoms with E-state index in [2.05, 4.69) is 10.3 Å². The fourth-order valence-corrected chi connectivity index (χ4v) is 2.16. The SMILES string of the molecule is CN=C(NC(=O)OC(C)(C)C)SC1(CO)CC1. The molecular formula is C11H20N2O3S. The molecule has 0 saturated heterocycles. The maximum absolute atomic E-state index is 11.5. The number of aliphatic hydroxyl groups is 1. The molecule has 1 rings (SSSR count). The van der Waals surface area contributed by atoms with Crippen LogP contribution < -0.4 is 5.32 Å². The fourth-order valence-electron chi connectivity index (χ4n) is 1.15. The van der Waals surface area contributed by atoms with Crippen LogP contribution in [0.4, 0.5) is 4.79 Å². The van der Waals surface area contributed by atoms with Crippen LogP contribution in [-0.4, -0.2) is 40.4 Å². The fraction of sp³-hybridized carbons (Fsp3) is 0.818. The van der Waals surface area contributed by atoms with E-state index in [1.807, 2.05) is 0 Å². The molecule has 1 fully saturated rings. The molecule has 5 nitrogen and oxygen atoms in total. The summed E-state index contributed by atoms with van der Waals surface area (Å²) >= 11 is 1.40. The monoisotopic (exact) mass is 260 g/mol. The summed E-state index contributed by atoms with van der Waals surface area (Å²) in [4.78, 5) is 15.5. The predicted molar refractivity (Wildman–Crippen MR) is 69.4 cm³/mol. The summed E-state index contributed by atoms with van der Waals surface area (Å²) < 4.78 is 4.98. The Bertz CT molecular complexity index is 319. The van der Waals surface area contributed by atoms with E-state index >= 15 is 0 Å². The van der Waals surface area contributed by atoms with Gasteiger partial charge in [0.1, 0.15) is 5.60 Å². The molecule has 98 valence electrons. The lowest BCUT2D eigenvalue weighted by Gasteiger charge is -2.20. The lowest BCUT2D eigenvalue weighted by molar-refractivity contribution is 0.0564. The summed E-state index contributed by atoms with van der Waals surface area (Å²) in [5, 5.41) is 12.3. The van der Waals surface area contributed by atoms with Crippen molar-refractivity contribution in [2.45, 2.75) is 44.0 Å². The van der Waals surface area contributed by atoms with Gasteiger partial charge in [-0.05, 0) is 33.6 Å². The summed E-state index contributed by atoms with van der Waals surface area (Å²) in [5.74, 6) is 0. The Morgan fingerprint density at radius 2 is 2.12 bits per heavy atom. The Kier molecular flexibility index (Phi) is 4.43. The van der Waals surface area contributed by atoms with E-state index in [1.54, 1.807) is 27.8 Å². The van der Waals surface area contributed by atoms with E-state index in [4.69, 9.17) is 4.74 Å². The Balaban J connectivity index is 2.45. The smallest absolute Gasteiger partial charge is 0.413 e. The third-order valence-electron chi connectivity index (χ3n) is 2.22. The molecule has 1 amide bonds. The van der Waals surface area contributed by atoms with Crippen molar-refractivity contribution in [3.05, 3.63) is 0 Å². The Morgan fingerprint density at radius 1 is 1.53 bits per heavy atom. The number of alkyl carbamates (subject to hydrolysis) is 1. The topological polar surface area (TPSA) is 70.9 Å². The van der Waals surface area contributed by atoms with Crippen molar-refractivity contribution < 1.29 is 14.6 Å². The summed E-state index contributed by atoms with van der Waals surface area (Å²) in [7, 11) is 1.60. The normalized spacial score (nSPS) is 18.8.